The van der Waals surface area contributed by atoms with E-state index >= 15 is 0 Å². The quantitative estimate of drug-likeness (QED) is 0.432. The summed E-state index contributed by atoms with van der Waals surface area (Å²) in [7, 11) is -3.87. The molecule has 0 atom stereocenters. The van der Waals surface area contributed by atoms with Crippen molar-refractivity contribution < 1.29 is 13.2 Å². The molecule has 29 heavy (non-hydrogen) atoms. The molecule has 0 aliphatic rings. The van der Waals surface area contributed by atoms with Crippen LogP contribution in [0.1, 0.15) is 27.0 Å². The lowest BCUT2D eigenvalue weighted by Gasteiger charge is -2.14. The van der Waals surface area contributed by atoms with Crippen molar-refractivity contribution in [3.63, 3.8) is 0 Å². The Morgan fingerprint density at radius 3 is 2.45 bits per heavy atom. The van der Waals surface area contributed by atoms with Crippen LogP contribution in [-0.4, -0.2) is 30.8 Å². The summed E-state index contributed by atoms with van der Waals surface area (Å²) in [5, 5.41) is 10.8. The highest BCUT2D eigenvalue weighted by molar-refractivity contribution is 8.00. The number of hydrogen-bond acceptors (Lipinski definition) is 7. The first-order valence-electron chi connectivity index (χ1n) is 8.59. The molecule has 0 aliphatic carbocycles. The second-order valence-corrected chi connectivity index (χ2v) is 10.1. The predicted octanol–water partition coefficient (Wildman–Crippen LogP) is 4.24. The molecule has 3 aromatic rings. The molecular weight excluding hydrogens is 428 g/mol. The van der Waals surface area contributed by atoms with Crippen LogP contribution < -0.4 is 10.0 Å². The molecule has 0 spiro atoms. The van der Waals surface area contributed by atoms with Gasteiger partial charge in [0.25, 0.3) is 15.9 Å². The second kappa shape index (κ2) is 8.52. The van der Waals surface area contributed by atoms with E-state index in [-0.39, 0.29) is 10.5 Å². The third-order valence-corrected chi connectivity index (χ3v) is 7.49. The number of nitrogens with one attached hydrogen (secondary N) is 2. The van der Waals surface area contributed by atoms with Crippen molar-refractivity contribution in [2.45, 2.75) is 30.0 Å². The molecule has 0 radical (unpaired) electrons. The van der Waals surface area contributed by atoms with Gasteiger partial charge in [-0.05, 0) is 56.4 Å². The lowest BCUT2D eigenvalue weighted by molar-refractivity contribution is 0.102. The van der Waals surface area contributed by atoms with Crippen LogP contribution in [-0.2, 0) is 10.0 Å². The van der Waals surface area contributed by atoms with Crippen LogP contribution in [0.4, 0.5) is 10.8 Å². The predicted molar refractivity (Wildman–Crippen MR) is 118 cm³/mol. The molecule has 2 N–H and O–H groups in total. The summed E-state index contributed by atoms with van der Waals surface area (Å²) < 4.78 is 29.3. The Labute approximate surface area is 178 Å². The average Bonchev–Trinajstić information content (AvgIpc) is 3.11. The Balaban J connectivity index is 1.88. The largest absolute Gasteiger partial charge is 0.296 e. The van der Waals surface area contributed by atoms with Crippen LogP contribution in [0, 0.1) is 20.8 Å². The molecule has 3 rings (SSSR count). The first-order valence-corrected chi connectivity index (χ1v) is 12.1. The van der Waals surface area contributed by atoms with E-state index in [0.29, 0.717) is 16.4 Å². The number of aromatic nitrogens is 2. The standard InChI is InChI=1S/C19H20N4O3S3/c1-11-5-8-15(13(3)9-11)23-29(25,26)16-10-14(7-6-12(16)2)17(24)20-18-21-22-19(27-4)28-18/h5-10,23H,1-4H3,(H,20,21,24). The van der Waals surface area contributed by atoms with Crippen LogP contribution in [0.2, 0.25) is 0 Å². The van der Waals surface area contributed by atoms with Crippen molar-refractivity contribution in [1.29, 1.82) is 0 Å². The topological polar surface area (TPSA) is 101 Å². The summed E-state index contributed by atoms with van der Waals surface area (Å²) in [6.45, 7) is 5.47. The van der Waals surface area contributed by atoms with Gasteiger partial charge >= 0.3 is 0 Å². The number of anilines is 2. The Morgan fingerprint density at radius 2 is 1.79 bits per heavy atom. The zero-order valence-corrected chi connectivity index (χ0v) is 18.8. The fourth-order valence-electron chi connectivity index (χ4n) is 2.67. The summed E-state index contributed by atoms with van der Waals surface area (Å²) in [5.41, 5.74) is 3.13. The zero-order valence-electron chi connectivity index (χ0n) is 16.3. The van der Waals surface area contributed by atoms with E-state index in [1.165, 1.54) is 29.2 Å². The van der Waals surface area contributed by atoms with Crippen LogP contribution >= 0.6 is 23.1 Å². The van der Waals surface area contributed by atoms with Crippen molar-refractivity contribution in [2.24, 2.45) is 0 Å². The molecular formula is C19H20N4O3S3. The molecule has 10 heteroatoms. The summed E-state index contributed by atoms with van der Waals surface area (Å²) in [6.07, 6.45) is 1.87. The number of rotatable bonds is 6. The highest BCUT2D eigenvalue weighted by Crippen LogP contribution is 2.26. The van der Waals surface area contributed by atoms with Crippen molar-refractivity contribution in [1.82, 2.24) is 10.2 Å². The number of carbonyl (C=O) groups excluding carboxylic acids is 1. The number of carbonyl (C=O) groups is 1. The van der Waals surface area contributed by atoms with Gasteiger partial charge in [-0.15, -0.1) is 10.2 Å². The Bertz CT molecular complexity index is 1170. The van der Waals surface area contributed by atoms with Crippen molar-refractivity contribution in [2.75, 3.05) is 16.3 Å². The van der Waals surface area contributed by atoms with Crippen LogP contribution in [0.25, 0.3) is 0 Å². The number of benzene rings is 2. The monoisotopic (exact) mass is 448 g/mol. The van der Waals surface area contributed by atoms with Gasteiger partial charge in [-0.1, -0.05) is 46.9 Å². The SMILES string of the molecule is CSc1nnc(NC(=O)c2ccc(C)c(S(=O)(=O)Nc3ccc(C)cc3C)c2)s1. The van der Waals surface area contributed by atoms with E-state index in [1.54, 1.807) is 25.1 Å². The van der Waals surface area contributed by atoms with Crippen molar-refractivity contribution >= 4 is 49.8 Å². The number of aryl methyl sites for hydroxylation is 3. The Hall–Kier alpha value is -2.43. The number of thioether (sulfide) groups is 1. The minimum Gasteiger partial charge on any atom is -0.296 e. The smallest absolute Gasteiger partial charge is 0.262 e. The van der Waals surface area contributed by atoms with Gasteiger partial charge in [-0.3, -0.25) is 14.8 Å². The van der Waals surface area contributed by atoms with Crippen LogP contribution in [0.3, 0.4) is 0 Å². The lowest BCUT2D eigenvalue weighted by Crippen LogP contribution is -2.17. The van der Waals surface area contributed by atoms with Crippen molar-refractivity contribution in [3.8, 4) is 0 Å². The lowest BCUT2D eigenvalue weighted by atomic mass is 10.1. The Morgan fingerprint density at radius 1 is 1.03 bits per heavy atom. The van der Waals surface area contributed by atoms with Crippen LogP contribution in [0.15, 0.2) is 45.6 Å². The molecule has 1 heterocycles. The first kappa shape index (κ1) is 21.3. The van der Waals surface area contributed by atoms with Gasteiger partial charge in [0.1, 0.15) is 0 Å². The highest BCUT2D eigenvalue weighted by atomic mass is 32.2. The zero-order chi connectivity index (χ0) is 21.2. The van der Waals surface area contributed by atoms with Gasteiger partial charge in [0.2, 0.25) is 5.13 Å². The van der Waals surface area contributed by atoms with E-state index in [9.17, 15) is 13.2 Å². The molecule has 0 bridgehead atoms. The van der Waals surface area contributed by atoms with E-state index in [1.807, 2.05) is 32.2 Å². The molecule has 0 unspecified atom stereocenters. The van der Waals surface area contributed by atoms with E-state index in [0.717, 1.165) is 15.5 Å². The highest BCUT2D eigenvalue weighted by Gasteiger charge is 2.20. The molecule has 1 aromatic heterocycles. The van der Waals surface area contributed by atoms with Gasteiger partial charge in [0.05, 0.1) is 10.6 Å². The maximum atomic E-state index is 13.0. The number of nitrogens with zero attached hydrogens (tertiary/aromatic N) is 2. The number of sulfonamides is 1. The molecule has 0 saturated carbocycles. The fourth-order valence-corrected chi connectivity index (χ4v) is 5.24. The third-order valence-electron chi connectivity index (χ3n) is 4.17. The number of amides is 1. The summed E-state index contributed by atoms with van der Waals surface area (Å²) >= 11 is 2.68. The maximum Gasteiger partial charge on any atom is 0.262 e. The van der Waals surface area contributed by atoms with E-state index in [4.69, 9.17) is 0 Å². The second-order valence-electron chi connectivity index (χ2n) is 6.44. The van der Waals surface area contributed by atoms with E-state index < -0.39 is 15.9 Å². The molecule has 0 fully saturated rings. The van der Waals surface area contributed by atoms with Gasteiger partial charge in [0.15, 0.2) is 4.34 Å². The summed E-state index contributed by atoms with van der Waals surface area (Å²) in [5.74, 6) is -0.447. The Kier molecular flexibility index (Phi) is 6.25. The molecule has 1 amide bonds. The van der Waals surface area contributed by atoms with Gasteiger partial charge < -0.3 is 0 Å². The minimum absolute atomic E-state index is 0.0483. The summed E-state index contributed by atoms with van der Waals surface area (Å²) in [4.78, 5) is 12.6. The normalized spacial score (nSPS) is 11.3. The third kappa shape index (κ3) is 4.95. The van der Waals surface area contributed by atoms with Crippen molar-refractivity contribution in [3.05, 3.63) is 58.7 Å². The molecule has 0 saturated heterocycles. The summed E-state index contributed by atoms with van der Waals surface area (Å²) in [6, 6.07) is 10.0. The minimum atomic E-state index is -3.87. The molecule has 152 valence electrons. The molecule has 2 aromatic carbocycles. The van der Waals surface area contributed by atoms with Gasteiger partial charge in [-0.25, -0.2) is 8.42 Å². The van der Waals surface area contributed by atoms with Gasteiger partial charge in [0, 0.05) is 5.56 Å². The molecule has 7 nitrogen and oxygen atoms in total. The van der Waals surface area contributed by atoms with Crippen LogP contribution in [0.5, 0.6) is 0 Å². The fraction of sp³-hybridized carbons (Fsp3) is 0.211. The van der Waals surface area contributed by atoms with Gasteiger partial charge in [-0.2, -0.15) is 0 Å². The first-order chi connectivity index (χ1) is 13.7. The average molecular weight is 449 g/mol. The number of hydrogen-bond donors (Lipinski definition) is 2. The molecule has 0 aliphatic heterocycles. The maximum absolute atomic E-state index is 13.0. The van der Waals surface area contributed by atoms with E-state index in [2.05, 4.69) is 20.2 Å².